The third kappa shape index (κ3) is 4.59. The van der Waals surface area contributed by atoms with E-state index < -0.39 is 0 Å². The van der Waals surface area contributed by atoms with Crippen molar-refractivity contribution < 1.29 is 13.5 Å². The van der Waals surface area contributed by atoms with Gasteiger partial charge < -0.3 is 19.8 Å². The van der Waals surface area contributed by atoms with Gasteiger partial charge in [0, 0.05) is 51.1 Å². The first-order valence-electron chi connectivity index (χ1n) is 12.1. The summed E-state index contributed by atoms with van der Waals surface area (Å²) in [5.74, 6) is 1.79. The average Bonchev–Trinajstić information content (AvgIpc) is 3.66. The highest BCUT2D eigenvalue weighted by atomic mass is 32.1. The zero-order valence-electron chi connectivity index (χ0n) is 20.3. The van der Waals surface area contributed by atoms with Gasteiger partial charge >= 0.3 is 4.87 Å². The minimum atomic E-state index is -0.301. The van der Waals surface area contributed by atoms with Crippen LogP contribution in [0, 0.1) is 5.82 Å². The van der Waals surface area contributed by atoms with Gasteiger partial charge in [-0.3, -0.25) is 14.3 Å². The molecule has 0 saturated carbocycles. The van der Waals surface area contributed by atoms with E-state index in [1.54, 1.807) is 35.1 Å². The van der Waals surface area contributed by atoms with Gasteiger partial charge in [-0.25, -0.2) is 9.37 Å². The van der Waals surface area contributed by atoms with Crippen LogP contribution in [0.25, 0.3) is 27.6 Å². The van der Waals surface area contributed by atoms with Crippen LogP contribution in [0.15, 0.2) is 45.8 Å². The predicted molar refractivity (Wildman–Crippen MR) is 147 cm³/mol. The van der Waals surface area contributed by atoms with Crippen molar-refractivity contribution in [1.82, 2.24) is 29.0 Å². The van der Waals surface area contributed by atoms with Crippen LogP contribution in [0.2, 0.25) is 0 Å². The van der Waals surface area contributed by atoms with E-state index in [-0.39, 0.29) is 16.6 Å². The van der Waals surface area contributed by atoms with Crippen molar-refractivity contribution in [2.24, 2.45) is 0 Å². The van der Waals surface area contributed by atoms with Gasteiger partial charge in [0.15, 0.2) is 17.1 Å². The van der Waals surface area contributed by atoms with Crippen molar-refractivity contribution in [3.63, 3.8) is 0 Å². The summed E-state index contributed by atoms with van der Waals surface area (Å²) in [5.41, 5.74) is 7.70. The molecule has 5 aromatic rings. The molecule has 4 aromatic heterocycles. The predicted octanol–water partition coefficient (Wildman–Crippen LogP) is 2.61. The van der Waals surface area contributed by atoms with E-state index >= 15 is 0 Å². The van der Waals surface area contributed by atoms with Crippen molar-refractivity contribution in [2.75, 3.05) is 55.7 Å². The fraction of sp³-hybridized carbons (Fsp3) is 0.333. The number of aromatic nitrogens is 5. The number of rotatable bonds is 8. The molecule has 1 aliphatic rings. The minimum absolute atomic E-state index is 0.136. The molecule has 38 heavy (non-hydrogen) atoms. The van der Waals surface area contributed by atoms with Crippen molar-refractivity contribution >= 4 is 51.6 Å². The molecule has 0 radical (unpaired) electrons. The highest BCUT2D eigenvalue weighted by molar-refractivity contribution is 7.80. The van der Waals surface area contributed by atoms with Gasteiger partial charge in [-0.1, -0.05) is 11.3 Å². The molecule has 1 saturated heterocycles. The molecule has 1 aromatic carbocycles. The number of anilines is 2. The molecule has 0 amide bonds. The summed E-state index contributed by atoms with van der Waals surface area (Å²) in [6, 6.07) is 8.47. The number of fused-ring (bicyclic) bond motifs is 3. The quantitative estimate of drug-likeness (QED) is 0.278. The SMILES string of the molecule is Nc1nc2c(sc(=O)n2CCN2CCN(c3ccc(OCCS)cc3F)CC2)c2nc(-c3ccco3)nn12. The molecule has 198 valence electrons. The van der Waals surface area contributed by atoms with Crippen LogP contribution in [0.3, 0.4) is 0 Å². The first-order chi connectivity index (χ1) is 18.5. The maximum atomic E-state index is 14.7. The molecule has 0 atom stereocenters. The largest absolute Gasteiger partial charge is 0.493 e. The summed E-state index contributed by atoms with van der Waals surface area (Å²) in [5, 5.41) is 4.39. The molecule has 0 unspecified atom stereocenters. The second-order valence-electron chi connectivity index (χ2n) is 8.80. The molecule has 0 aliphatic carbocycles. The van der Waals surface area contributed by atoms with E-state index in [1.807, 2.05) is 4.90 Å². The van der Waals surface area contributed by atoms with Crippen LogP contribution in [-0.2, 0) is 6.54 Å². The van der Waals surface area contributed by atoms with Crippen LogP contribution in [-0.4, -0.2) is 74.1 Å². The number of hydrogen-bond acceptors (Lipinski definition) is 11. The van der Waals surface area contributed by atoms with Crippen molar-refractivity contribution in [3.05, 3.63) is 52.1 Å². The number of thiazole rings is 1. The average molecular weight is 557 g/mol. The third-order valence-corrected chi connectivity index (χ3v) is 7.64. The van der Waals surface area contributed by atoms with Gasteiger partial charge in [0.05, 0.1) is 18.6 Å². The van der Waals surface area contributed by atoms with E-state index in [0.29, 0.717) is 77.6 Å². The summed E-state index contributed by atoms with van der Waals surface area (Å²) in [6.07, 6.45) is 1.54. The lowest BCUT2D eigenvalue weighted by atomic mass is 10.2. The van der Waals surface area contributed by atoms with Gasteiger partial charge in [0.2, 0.25) is 11.8 Å². The maximum absolute atomic E-state index is 14.7. The van der Waals surface area contributed by atoms with Gasteiger partial charge in [-0.15, -0.1) is 5.10 Å². The number of ether oxygens (including phenoxy) is 1. The number of hydrogen-bond donors (Lipinski definition) is 2. The van der Waals surface area contributed by atoms with Gasteiger partial charge in [-0.2, -0.15) is 22.1 Å². The maximum Gasteiger partial charge on any atom is 0.309 e. The number of benzene rings is 1. The first-order valence-corrected chi connectivity index (χ1v) is 13.6. The van der Waals surface area contributed by atoms with Gasteiger partial charge in [0.25, 0.3) is 0 Å². The molecule has 14 heteroatoms. The van der Waals surface area contributed by atoms with Crippen LogP contribution in [0.5, 0.6) is 5.75 Å². The van der Waals surface area contributed by atoms with Crippen LogP contribution in [0.1, 0.15) is 0 Å². The highest BCUT2D eigenvalue weighted by Crippen LogP contribution is 2.27. The zero-order chi connectivity index (χ0) is 26.2. The second kappa shape index (κ2) is 10.3. The van der Waals surface area contributed by atoms with Crippen molar-refractivity contribution in [1.29, 1.82) is 0 Å². The third-order valence-electron chi connectivity index (χ3n) is 6.49. The number of halogens is 1. The monoisotopic (exact) mass is 556 g/mol. The Bertz CT molecular complexity index is 1640. The summed E-state index contributed by atoms with van der Waals surface area (Å²) in [6.45, 7) is 4.36. The zero-order valence-corrected chi connectivity index (χ0v) is 22.0. The van der Waals surface area contributed by atoms with E-state index in [9.17, 15) is 9.18 Å². The Kier molecular flexibility index (Phi) is 6.68. The number of furan rings is 1. The molecule has 0 spiro atoms. The fourth-order valence-electron chi connectivity index (χ4n) is 4.59. The summed E-state index contributed by atoms with van der Waals surface area (Å²) < 4.78 is 29.2. The van der Waals surface area contributed by atoms with Crippen molar-refractivity contribution in [2.45, 2.75) is 6.54 Å². The van der Waals surface area contributed by atoms with Crippen molar-refractivity contribution in [3.8, 4) is 17.3 Å². The summed E-state index contributed by atoms with van der Waals surface area (Å²) in [4.78, 5) is 26.1. The molecule has 1 fully saturated rings. The highest BCUT2D eigenvalue weighted by Gasteiger charge is 2.22. The normalized spacial score (nSPS) is 14.6. The summed E-state index contributed by atoms with van der Waals surface area (Å²) >= 11 is 5.18. The fourth-order valence-corrected chi connectivity index (χ4v) is 5.61. The molecule has 6 rings (SSSR count). The summed E-state index contributed by atoms with van der Waals surface area (Å²) in [7, 11) is 0. The van der Waals surface area contributed by atoms with Crippen LogP contribution < -0.4 is 20.2 Å². The van der Waals surface area contributed by atoms with Gasteiger partial charge in [-0.05, 0) is 24.3 Å². The Morgan fingerprint density at radius 3 is 2.71 bits per heavy atom. The molecular weight excluding hydrogens is 531 g/mol. The number of nitrogens with zero attached hydrogens (tertiary/aromatic N) is 7. The van der Waals surface area contributed by atoms with Crippen LogP contribution in [0.4, 0.5) is 16.0 Å². The Labute approximate surface area is 225 Å². The second-order valence-corrected chi connectivity index (χ2v) is 10.2. The van der Waals surface area contributed by atoms with E-state index in [0.717, 1.165) is 24.4 Å². The number of thiol groups is 1. The Balaban J connectivity index is 1.15. The Hall–Kier alpha value is -3.62. The molecule has 11 nitrogen and oxygen atoms in total. The lowest BCUT2D eigenvalue weighted by Crippen LogP contribution is -2.47. The first kappa shape index (κ1) is 24.7. The van der Waals surface area contributed by atoms with E-state index in [4.69, 9.17) is 14.9 Å². The van der Waals surface area contributed by atoms with E-state index in [2.05, 4.69) is 32.6 Å². The number of nitrogen functional groups attached to an aromatic ring is 1. The Morgan fingerprint density at radius 2 is 1.97 bits per heavy atom. The number of piperazine rings is 1. The topological polar surface area (TPSA) is 120 Å². The molecule has 2 N–H and O–H groups in total. The molecule has 5 heterocycles. The van der Waals surface area contributed by atoms with Crippen LogP contribution >= 0.6 is 24.0 Å². The molecular formula is C24H25FN8O3S2. The molecule has 1 aliphatic heterocycles. The standard InChI is InChI=1S/C24H25FN8O3S2/c25-16-14-15(35-12-13-37)3-4-17(16)31-8-5-30(6-9-31)7-10-32-21-19(38-24(32)34)22-27-20(18-2-1-11-36-18)29-33(22)23(26)28-21/h1-4,11,14,37H,5-10,12-13H2,(H2,26,28). The van der Waals surface area contributed by atoms with E-state index in [1.165, 1.54) is 10.6 Å². The Morgan fingerprint density at radius 1 is 1.13 bits per heavy atom. The lowest BCUT2D eigenvalue weighted by Gasteiger charge is -2.36. The molecule has 0 bridgehead atoms. The smallest absolute Gasteiger partial charge is 0.309 e. The van der Waals surface area contributed by atoms with Gasteiger partial charge in [0.1, 0.15) is 16.3 Å². The number of nitrogens with two attached hydrogens (primary N) is 1. The minimum Gasteiger partial charge on any atom is -0.493 e. The lowest BCUT2D eigenvalue weighted by molar-refractivity contribution is 0.248.